The van der Waals surface area contributed by atoms with Gasteiger partial charge in [-0.25, -0.2) is 4.39 Å². The molecule has 2 aliphatic rings. The first-order valence-corrected chi connectivity index (χ1v) is 11.2. The first-order valence-electron chi connectivity index (χ1n) is 9.93. The van der Waals surface area contributed by atoms with Crippen molar-refractivity contribution < 1.29 is 18.7 Å². The molecule has 7 heteroatoms. The lowest BCUT2D eigenvalue weighted by Gasteiger charge is -2.30. The van der Waals surface area contributed by atoms with Gasteiger partial charge >= 0.3 is 0 Å². The normalized spacial score (nSPS) is 16.7. The van der Waals surface area contributed by atoms with Gasteiger partial charge in [0.1, 0.15) is 24.0 Å². The van der Waals surface area contributed by atoms with Crippen LogP contribution >= 0.6 is 22.9 Å². The van der Waals surface area contributed by atoms with Crippen LogP contribution in [0.2, 0.25) is 5.02 Å². The summed E-state index contributed by atoms with van der Waals surface area (Å²) in [5, 5.41) is 2.30. The number of thiophene rings is 1. The molecule has 158 valence electrons. The van der Waals surface area contributed by atoms with Gasteiger partial charge in [0.15, 0.2) is 5.76 Å². The predicted octanol–water partition coefficient (Wildman–Crippen LogP) is 5.86. The number of hydrogen-bond donors (Lipinski definition) is 0. The molecule has 2 aromatic carbocycles. The maximum atomic E-state index is 14.2. The van der Waals surface area contributed by atoms with E-state index in [4.69, 9.17) is 21.1 Å². The number of Topliss-reactive ketones (excluding diaryl/α,β-unsaturated/α-hetero) is 1. The minimum Gasteiger partial charge on any atom is -0.477 e. The highest BCUT2D eigenvalue weighted by atomic mass is 35.5. The maximum absolute atomic E-state index is 14.2. The number of benzene rings is 2. The number of allylic oxidation sites excluding steroid dienone is 1. The van der Waals surface area contributed by atoms with E-state index in [1.165, 1.54) is 23.1 Å². The lowest BCUT2D eigenvalue weighted by atomic mass is 10.00. The van der Waals surface area contributed by atoms with E-state index in [1.54, 1.807) is 17.4 Å². The fraction of sp³-hybridized carbons (Fsp3) is 0.208. The van der Waals surface area contributed by atoms with Crippen LogP contribution in [0, 0.1) is 12.7 Å². The Balaban J connectivity index is 1.42. The molecule has 0 aliphatic carbocycles. The SMILES string of the molecule is Cc1c2c(cc3c1O/C(=C\c1c(F)cccc1Cl)C3=O)CN(CCc1cccs1)CO2. The van der Waals surface area contributed by atoms with Crippen molar-refractivity contribution >= 4 is 34.8 Å². The molecule has 0 radical (unpaired) electrons. The van der Waals surface area contributed by atoms with Crippen molar-refractivity contribution in [1.82, 2.24) is 4.90 Å². The Bertz CT molecular complexity index is 1190. The Kier molecular flexibility index (Phi) is 5.30. The molecule has 0 N–H and O–H groups in total. The summed E-state index contributed by atoms with van der Waals surface area (Å²) in [7, 11) is 0. The van der Waals surface area contributed by atoms with Crippen LogP contribution in [0.25, 0.3) is 6.08 Å². The fourth-order valence-electron chi connectivity index (χ4n) is 3.94. The quantitative estimate of drug-likeness (QED) is 0.462. The smallest absolute Gasteiger partial charge is 0.231 e. The van der Waals surface area contributed by atoms with E-state index in [1.807, 2.05) is 13.0 Å². The van der Waals surface area contributed by atoms with E-state index in [2.05, 4.69) is 22.4 Å². The van der Waals surface area contributed by atoms with Crippen LogP contribution in [-0.4, -0.2) is 24.0 Å². The molecule has 3 heterocycles. The zero-order chi connectivity index (χ0) is 21.5. The van der Waals surface area contributed by atoms with Crippen LogP contribution < -0.4 is 9.47 Å². The number of halogens is 2. The summed E-state index contributed by atoms with van der Waals surface area (Å²) in [6.07, 6.45) is 2.32. The van der Waals surface area contributed by atoms with Gasteiger partial charge in [-0.3, -0.25) is 9.69 Å². The minimum absolute atomic E-state index is 0.0574. The number of carbonyl (C=O) groups is 1. The van der Waals surface area contributed by atoms with E-state index in [0.29, 0.717) is 24.6 Å². The zero-order valence-electron chi connectivity index (χ0n) is 16.8. The topological polar surface area (TPSA) is 38.8 Å². The van der Waals surface area contributed by atoms with Crippen molar-refractivity contribution in [2.75, 3.05) is 13.3 Å². The zero-order valence-corrected chi connectivity index (χ0v) is 18.4. The van der Waals surface area contributed by atoms with Crippen LogP contribution in [0.1, 0.15) is 31.9 Å². The number of ketones is 1. The van der Waals surface area contributed by atoms with Crippen LogP contribution in [0.15, 0.2) is 47.5 Å². The summed E-state index contributed by atoms with van der Waals surface area (Å²) in [5.74, 6) is 0.490. The molecular formula is C24H19ClFNO3S. The Hall–Kier alpha value is -2.67. The van der Waals surface area contributed by atoms with E-state index in [0.717, 1.165) is 29.8 Å². The molecular weight excluding hydrogens is 437 g/mol. The maximum Gasteiger partial charge on any atom is 0.231 e. The Morgan fingerprint density at radius 3 is 2.90 bits per heavy atom. The Morgan fingerprint density at radius 1 is 1.26 bits per heavy atom. The van der Waals surface area contributed by atoms with Gasteiger partial charge in [-0.05, 0) is 49.1 Å². The standard InChI is InChI=1S/C24H19ClFNO3S/c1-14-23-15(12-27(13-29-23)8-7-16-4-3-9-31-16)10-18-22(28)21(30-24(14)18)11-17-19(25)5-2-6-20(17)26/h2-6,9-11H,7-8,12-13H2,1H3/b21-11-. The molecule has 0 saturated heterocycles. The predicted molar refractivity (Wildman–Crippen MR) is 119 cm³/mol. The largest absolute Gasteiger partial charge is 0.477 e. The van der Waals surface area contributed by atoms with Crippen molar-refractivity contribution in [2.45, 2.75) is 19.9 Å². The van der Waals surface area contributed by atoms with Crippen LogP contribution in [0.3, 0.4) is 0 Å². The number of rotatable bonds is 4. The highest BCUT2D eigenvalue weighted by Crippen LogP contribution is 2.43. The molecule has 0 atom stereocenters. The Labute approximate surface area is 188 Å². The van der Waals surface area contributed by atoms with Gasteiger partial charge in [-0.1, -0.05) is 23.7 Å². The third-order valence-corrected chi connectivity index (χ3v) is 6.80. The van der Waals surface area contributed by atoms with E-state index in [9.17, 15) is 9.18 Å². The van der Waals surface area contributed by atoms with Gasteiger partial charge in [0.2, 0.25) is 5.78 Å². The lowest BCUT2D eigenvalue weighted by Crippen LogP contribution is -2.34. The first-order chi connectivity index (χ1) is 15.0. The van der Waals surface area contributed by atoms with E-state index in [-0.39, 0.29) is 22.1 Å². The average molecular weight is 456 g/mol. The summed E-state index contributed by atoms with van der Waals surface area (Å²) in [5.41, 5.74) is 2.34. The third kappa shape index (κ3) is 3.76. The van der Waals surface area contributed by atoms with Crippen molar-refractivity contribution in [3.8, 4) is 11.5 Å². The summed E-state index contributed by atoms with van der Waals surface area (Å²) < 4.78 is 26.1. The molecule has 0 saturated carbocycles. The molecule has 5 rings (SSSR count). The second kappa shape index (κ2) is 8.11. The van der Waals surface area contributed by atoms with Crippen LogP contribution in [0.5, 0.6) is 11.5 Å². The minimum atomic E-state index is -0.506. The van der Waals surface area contributed by atoms with Crippen molar-refractivity contribution in [1.29, 1.82) is 0 Å². The second-order valence-electron chi connectivity index (χ2n) is 7.60. The number of ether oxygens (including phenoxy) is 2. The summed E-state index contributed by atoms with van der Waals surface area (Å²) in [6, 6.07) is 10.4. The van der Waals surface area contributed by atoms with Gasteiger partial charge in [-0.15, -0.1) is 11.3 Å². The highest BCUT2D eigenvalue weighted by Gasteiger charge is 2.34. The molecule has 0 bridgehead atoms. The molecule has 0 amide bonds. The number of hydrogen-bond acceptors (Lipinski definition) is 5. The summed E-state index contributed by atoms with van der Waals surface area (Å²) >= 11 is 7.86. The van der Waals surface area contributed by atoms with Crippen LogP contribution in [-0.2, 0) is 13.0 Å². The molecule has 2 aliphatic heterocycles. The van der Waals surface area contributed by atoms with Gasteiger partial charge in [0.05, 0.1) is 10.6 Å². The van der Waals surface area contributed by atoms with Crippen molar-refractivity contribution in [3.63, 3.8) is 0 Å². The van der Waals surface area contributed by atoms with Gasteiger partial charge in [0.25, 0.3) is 0 Å². The molecule has 0 spiro atoms. The van der Waals surface area contributed by atoms with Gasteiger partial charge in [-0.2, -0.15) is 0 Å². The third-order valence-electron chi connectivity index (χ3n) is 5.53. The molecule has 0 fully saturated rings. The molecule has 1 aromatic heterocycles. The van der Waals surface area contributed by atoms with Crippen LogP contribution in [0.4, 0.5) is 4.39 Å². The summed E-state index contributed by atoms with van der Waals surface area (Å²) in [6.45, 7) is 3.93. The first kappa shape index (κ1) is 20.2. The fourth-order valence-corrected chi connectivity index (χ4v) is 4.86. The van der Waals surface area contributed by atoms with E-state index >= 15 is 0 Å². The molecule has 0 unspecified atom stereocenters. The lowest BCUT2D eigenvalue weighted by molar-refractivity contribution is 0.0956. The number of carbonyl (C=O) groups excluding carboxylic acids is 1. The summed E-state index contributed by atoms with van der Waals surface area (Å²) in [4.78, 5) is 16.6. The average Bonchev–Trinajstić information content (AvgIpc) is 3.38. The van der Waals surface area contributed by atoms with Crippen molar-refractivity contribution in [2.24, 2.45) is 0 Å². The Morgan fingerprint density at radius 2 is 2.13 bits per heavy atom. The number of fused-ring (bicyclic) bond motifs is 2. The van der Waals surface area contributed by atoms with Gasteiger partial charge < -0.3 is 9.47 Å². The van der Waals surface area contributed by atoms with E-state index < -0.39 is 5.82 Å². The molecule has 31 heavy (non-hydrogen) atoms. The monoisotopic (exact) mass is 455 g/mol. The molecule has 3 aromatic rings. The second-order valence-corrected chi connectivity index (χ2v) is 9.04. The van der Waals surface area contributed by atoms with Gasteiger partial charge in [0, 0.05) is 34.7 Å². The highest BCUT2D eigenvalue weighted by molar-refractivity contribution is 7.09. The number of nitrogens with zero attached hydrogens (tertiary/aromatic N) is 1. The molecule has 4 nitrogen and oxygen atoms in total. The van der Waals surface area contributed by atoms with Crippen molar-refractivity contribution in [3.05, 3.63) is 85.5 Å².